The molecule has 0 unspecified atom stereocenters. The molecule has 23 heavy (non-hydrogen) atoms. The zero-order valence-electron chi connectivity index (χ0n) is 14.1. The highest BCUT2D eigenvalue weighted by Crippen LogP contribution is 2.43. The average molecular weight is 315 g/mol. The summed E-state index contributed by atoms with van der Waals surface area (Å²) in [6, 6.07) is 10.0. The Hall–Kier alpha value is -2.10. The van der Waals surface area contributed by atoms with Crippen molar-refractivity contribution in [2.75, 3.05) is 13.2 Å². The van der Waals surface area contributed by atoms with Crippen molar-refractivity contribution in [2.24, 2.45) is 11.3 Å². The summed E-state index contributed by atoms with van der Waals surface area (Å²) in [7, 11) is 0. The standard InChI is InChI=1S/C19H25NO3/c1-5-9-15(17(21)20-12-13-23-18(20)22)16(19(2,3)4)14-10-7-6-8-11-14/h5-8,10-11,15-16H,1,9,12-13H2,2-4H3/t15-,16-/m0/s1. The number of allylic oxidation sites excluding steroid dienone is 1. The number of cyclic esters (lactones) is 1. The summed E-state index contributed by atoms with van der Waals surface area (Å²) in [6.07, 6.45) is 1.75. The van der Waals surface area contributed by atoms with Gasteiger partial charge in [-0.1, -0.05) is 57.2 Å². The number of imide groups is 1. The van der Waals surface area contributed by atoms with E-state index in [4.69, 9.17) is 4.74 Å². The van der Waals surface area contributed by atoms with Crippen molar-refractivity contribution in [1.29, 1.82) is 0 Å². The molecule has 4 heteroatoms. The van der Waals surface area contributed by atoms with Gasteiger partial charge < -0.3 is 4.74 Å². The number of rotatable bonds is 5. The predicted molar refractivity (Wildman–Crippen MR) is 90.0 cm³/mol. The van der Waals surface area contributed by atoms with Gasteiger partial charge in [-0.3, -0.25) is 4.79 Å². The van der Waals surface area contributed by atoms with E-state index in [0.717, 1.165) is 5.56 Å². The second-order valence-corrected chi connectivity index (χ2v) is 6.99. The predicted octanol–water partition coefficient (Wildman–Crippen LogP) is 3.99. The van der Waals surface area contributed by atoms with Gasteiger partial charge in [-0.15, -0.1) is 6.58 Å². The highest BCUT2D eigenvalue weighted by Gasteiger charge is 2.41. The van der Waals surface area contributed by atoms with Gasteiger partial charge >= 0.3 is 6.09 Å². The number of ether oxygens (including phenoxy) is 1. The number of amides is 2. The quantitative estimate of drug-likeness (QED) is 0.772. The van der Waals surface area contributed by atoms with Gasteiger partial charge in [-0.2, -0.15) is 0 Å². The van der Waals surface area contributed by atoms with E-state index in [1.165, 1.54) is 4.90 Å². The molecule has 2 rings (SSSR count). The molecule has 2 atom stereocenters. The maximum Gasteiger partial charge on any atom is 0.416 e. The van der Waals surface area contributed by atoms with Gasteiger partial charge in [-0.25, -0.2) is 9.69 Å². The Morgan fingerprint density at radius 1 is 1.35 bits per heavy atom. The SMILES string of the molecule is C=CC[C@H](C(=O)N1CCOC1=O)[C@H](c1ccccc1)C(C)(C)C. The topological polar surface area (TPSA) is 46.6 Å². The molecule has 1 aliphatic heterocycles. The second kappa shape index (κ2) is 6.99. The van der Waals surface area contributed by atoms with Crippen LogP contribution in [0, 0.1) is 11.3 Å². The molecular weight excluding hydrogens is 290 g/mol. The lowest BCUT2D eigenvalue weighted by Crippen LogP contribution is -2.41. The summed E-state index contributed by atoms with van der Waals surface area (Å²) in [5.74, 6) is -0.515. The highest BCUT2D eigenvalue weighted by molar-refractivity contribution is 5.94. The summed E-state index contributed by atoms with van der Waals surface area (Å²) in [6.45, 7) is 10.8. The molecule has 0 aliphatic carbocycles. The van der Waals surface area contributed by atoms with Crippen LogP contribution in [0.15, 0.2) is 43.0 Å². The van der Waals surface area contributed by atoms with E-state index < -0.39 is 6.09 Å². The molecule has 0 N–H and O–H groups in total. The number of carbonyl (C=O) groups excluding carboxylic acids is 2. The van der Waals surface area contributed by atoms with Crippen LogP contribution >= 0.6 is 0 Å². The van der Waals surface area contributed by atoms with Gasteiger partial charge in [0.1, 0.15) is 6.61 Å². The van der Waals surface area contributed by atoms with E-state index in [-0.39, 0.29) is 29.8 Å². The molecular formula is C19H25NO3. The van der Waals surface area contributed by atoms with Gasteiger partial charge in [0.15, 0.2) is 0 Å². The van der Waals surface area contributed by atoms with Gasteiger partial charge in [0.25, 0.3) is 0 Å². The largest absolute Gasteiger partial charge is 0.447 e. The van der Waals surface area contributed by atoms with E-state index in [2.05, 4.69) is 27.4 Å². The molecule has 124 valence electrons. The Kier molecular flexibility index (Phi) is 5.24. The minimum absolute atomic E-state index is 0.0115. The zero-order valence-corrected chi connectivity index (χ0v) is 14.1. The van der Waals surface area contributed by atoms with Gasteiger partial charge in [0.05, 0.1) is 6.54 Å². The summed E-state index contributed by atoms with van der Waals surface area (Å²) in [4.78, 5) is 26.0. The van der Waals surface area contributed by atoms with Crippen LogP contribution in [0.25, 0.3) is 0 Å². The number of hydrogen-bond donors (Lipinski definition) is 0. The van der Waals surface area contributed by atoms with Crippen molar-refractivity contribution < 1.29 is 14.3 Å². The molecule has 0 bridgehead atoms. The lowest BCUT2D eigenvalue weighted by atomic mass is 9.68. The van der Waals surface area contributed by atoms with Gasteiger partial charge in [0, 0.05) is 11.8 Å². The van der Waals surface area contributed by atoms with Crippen LogP contribution in [-0.2, 0) is 9.53 Å². The first-order valence-electron chi connectivity index (χ1n) is 8.00. The zero-order chi connectivity index (χ0) is 17.0. The Balaban J connectivity index is 2.40. The first-order chi connectivity index (χ1) is 10.9. The molecule has 1 aromatic rings. The van der Waals surface area contributed by atoms with E-state index in [0.29, 0.717) is 13.0 Å². The number of carbonyl (C=O) groups is 2. The Morgan fingerprint density at radius 2 is 2.00 bits per heavy atom. The highest BCUT2D eigenvalue weighted by atomic mass is 16.6. The van der Waals surface area contributed by atoms with Crippen molar-refractivity contribution in [2.45, 2.75) is 33.1 Å². The molecule has 2 amide bonds. The van der Waals surface area contributed by atoms with Gasteiger partial charge in [-0.05, 0) is 17.4 Å². The second-order valence-electron chi connectivity index (χ2n) is 6.99. The van der Waals surface area contributed by atoms with Crippen LogP contribution in [0.1, 0.15) is 38.7 Å². The molecule has 4 nitrogen and oxygen atoms in total. The van der Waals surface area contributed by atoms with Crippen molar-refractivity contribution in [1.82, 2.24) is 4.90 Å². The fourth-order valence-electron chi connectivity index (χ4n) is 3.35. The minimum atomic E-state index is -0.537. The molecule has 1 aliphatic rings. The Bertz CT molecular complexity index is 574. The summed E-state index contributed by atoms with van der Waals surface area (Å²) in [5, 5.41) is 0. The van der Waals surface area contributed by atoms with Crippen LogP contribution in [0.4, 0.5) is 4.79 Å². The Labute approximate surface area is 138 Å². The molecule has 1 saturated heterocycles. The Morgan fingerprint density at radius 3 is 2.48 bits per heavy atom. The molecule has 0 aromatic heterocycles. The molecule has 1 aromatic carbocycles. The fraction of sp³-hybridized carbons (Fsp3) is 0.474. The van der Waals surface area contributed by atoms with Crippen LogP contribution < -0.4 is 0 Å². The van der Waals surface area contributed by atoms with Crippen LogP contribution in [0.5, 0.6) is 0 Å². The van der Waals surface area contributed by atoms with E-state index >= 15 is 0 Å². The average Bonchev–Trinajstić information content (AvgIpc) is 2.92. The lowest BCUT2D eigenvalue weighted by Gasteiger charge is -2.37. The van der Waals surface area contributed by atoms with Crippen LogP contribution in [0.2, 0.25) is 0 Å². The molecule has 1 heterocycles. The first kappa shape index (κ1) is 17.3. The smallest absolute Gasteiger partial charge is 0.416 e. The summed E-state index contributed by atoms with van der Waals surface area (Å²) >= 11 is 0. The van der Waals surface area contributed by atoms with E-state index in [9.17, 15) is 9.59 Å². The lowest BCUT2D eigenvalue weighted by molar-refractivity contribution is -0.133. The monoisotopic (exact) mass is 315 g/mol. The van der Waals surface area contributed by atoms with Crippen LogP contribution in [0.3, 0.4) is 0 Å². The molecule has 0 saturated carbocycles. The summed E-state index contributed by atoms with van der Waals surface area (Å²) in [5.41, 5.74) is 0.974. The number of nitrogens with zero attached hydrogens (tertiary/aromatic N) is 1. The molecule has 0 spiro atoms. The summed E-state index contributed by atoms with van der Waals surface area (Å²) < 4.78 is 4.93. The minimum Gasteiger partial charge on any atom is -0.447 e. The van der Waals surface area contributed by atoms with Gasteiger partial charge in [0.2, 0.25) is 5.91 Å². The molecule has 0 radical (unpaired) electrons. The van der Waals surface area contributed by atoms with Crippen molar-refractivity contribution in [3.05, 3.63) is 48.6 Å². The first-order valence-corrected chi connectivity index (χ1v) is 8.00. The fourth-order valence-corrected chi connectivity index (χ4v) is 3.35. The third-order valence-electron chi connectivity index (χ3n) is 4.26. The van der Waals surface area contributed by atoms with E-state index in [1.54, 1.807) is 6.08 Å². The normalized spacial score (nSPS) is 17.5. The van der Waals surface area contributed by atoms with Crippen molar-refractivity contribution >= 4 is 12.0 Å². The van der Waals surface area contributed by atoms with Crippen molar-refractivity contribution in [3.8, 4) is 0 Å². The third kappa shape index (κ3) is 3.81. The van der Waals surface area contributed by atoms with Crippen LogP contribution in [-0.4, -0.2) is 30.1 Å². The molecule has 1 fully saturated rings. The number of hydrogen-bond acceptors (Lipinski definition) is 3. The van der Waals surface area contributed by atoms with Crippen molar-refractivity contribution in [3.63, 3.8) is 0 Å². The maximum absolute atomic E-state index is 13.0. The third-order valence-corrected chi connectivity index (χ3v) is 4.26. The number of benzene rings is 1. The maximum atomic E-state index is 13.0. The van der Waals surface area contributed by atoms with E-state index in [1.807, 2.05) is 30.3 Å².